The standard InChI is InChI=1S/C12H14BrNO3/c1-17-11(15)3-2-8-14-12(16)9-4-6-10(13)7-5-9/h4-7H,2-3,8H2,1H3,(H,14,16). The molecule has 0 radical (unpaired) electrons. The van der Waals surface area contributed by atoms with Gasteiger partial charge in [0.25, 0.3) is 5.91 Å². The predicted molar refractivity (Wildman–Crippen MR) is 67.7 cm³/mol. The monoisotopic (exact) mass is 299 g/mol. The molecule has 1 aromatic carbocycles. The van der Waals surface area contributed by atoms with Gasteiger partial charge in [-0.2, -0.15) is 0 Å². The number of carbonyl (C=O) groups excluding carboxylic acids is 2. The Hall–Kier alpha value is -1.36. The van der Waals surface area contributed by atoms with E-state index in [4.69, 9.17) is 0 Å². The van der Waals surface area contributed by atoms with E-state index in [1.807, 2.05) is 12.1 Å². The topological polar surface area (TPSA) is 55.4 Å². The van der Waals surface area contributed by atoms with Crippen LogP contribution in [0.1, 0.15) is 23.2 Å². The van der Waals surface area contributed by atoms with Crippen LogP contribution in [0.5, 0.6) is 0 Å². The number of nitrogens with one attached hydrogen (secondary N) is 1. The molecule has 17 heavy (non-hydrogen) atoms. The average molecular weight is 300 g/mol. The molecule has 0 atom stereocenters. The van der Waals surface area contributed by atoms with E-state index in [9.17, 15) is 9.59 Å². The highest BCUT2D eigenvalue weighted by Gasteiger charge is 2.05. The summed E-state index contributed by atoms with van der Waals surface area (Å²) in [6.45, 7) is 0.462. The first-order chi connectivity index (χ1) is 8.13. The molecule has 0 spiro atoms. The lowest BCUT2D eigenvalue weighted by Crippen LogP contribution is -2.24. The van der Waals surface area contributed by atoms with Gasteiger partial charge in [0.05, 0.1) is 7.11 Å². The lowest BCUT2D eigenvalue weighted by molar-refractivity contribution is -0.140. The smallest absolute Gasteiger partial charge is 0.305 e. The highest BCUT2D eigenvalue weighted by Crippen LogP contribution is 2.10. The van der Waals surface area contributed by atoms with Gasteiger partial charge in [-0.15, -0.1) is 0 Å². The molecular formula is C12H14BrNO3. The summed E-state index contributed by atoms with van der Waals surface area (Å²) in [6, 6.07) is 7.09. The van der Waals surface area contributed by atoms with Gasteiger partial charge in [0.2, 0.25) is 0 Å². The minimum absolute atomic E-state index is 0.137. The van der Waals surface area contributed by atoms with Gasteiger partial charge in [0.15, 0.2) is 0 Å². The van der Waals surface area contributed by atoms with E-state index >= 15 is 0 Å². The number of halogens is 1. The van der Waals surface area contributed by atoms with Crippen molar-refractivity contribution >= 4 is 27.8 Å². The first-order valence-corrected chi connectivity index (χ1v) is 6.03. The van der Waals surface area contributed by atoms with Crippen LogP contribution in [0.2, 0.25) is 0 Å². The van der Waals surface area contributed by atoms with Crippen LogP contribution in [0.4, 0.5) is 0 Å². The zero-order valence-electron chi connectivity index (χ0n) is 9.53. The minimum Gasteiger partial charge on any atom is -0.469 e. The van der Waals surface area contributed by atoms with Gasteiger partial charge >= 0.3 is 5.97 Å². The first kappa shape index (κ1) is 13.7. The van der Waals surface area contributed by atoms with E-state index in [-0.39, 0.29) is 11.9 Å². The number of rotatable bonds is 5. The van der Waals surface area contributed by atoms with Gasteiger partial charge < -0.3 is 10.1 Å². The summed E-state index contributed by atoms with van der Waals surface area (Å²) in [4.78, 5) is 22.5. The Morgan fingerprint density at radius 2 is 1.94 bits per heavy atom. The zero-order chi connectivity index (χ0) is 12.7. The Bertz CT molecular complexity index is 389. The highest BCUT2D eigenvalue weighted by atomic mass is 79.9. The number of carbonyl (C=O) groups is 2. The van der Waals surface area contributed by atoms with Crippen molar-refractivity contribution in [3.05, 3.63) is 34.3 Å². The Kier molecular flexibility index (Phi) is 5.69. The third kappa shape index (κ3) is 4.99. The molecule has 0 unspecified atom stereocenters. The summed E-state index contributed by atoms with van der Waals surface area (Å²) in [5, 5.41) is 2.74. The minimum atomic E-state index is -0.261. The van der Waals surface area contributed by atoms with Crippen LogP contribution in [0, 0.1) is 0 Å². The third-order valence-corrected chi connectivity index (χ3v) is 2.71. The molecule has 4 nitrogen and oxygen atoms in total. The van der Waals surface area contributed by atoms with Gasteiger partial charge in [-0.05, 0) is 30.7 Å². The van der Waals surface area contributed by atoms with Crippen molar-refractivity contribution in [2.45, 2.75) is 12.8 Å². The van der Waals surface area contributed by atoms with Crippen molar-refractivity contribution in [3.63, 3.8) is 0 Å². The molecule has 1 aromatic rings. The maximum atomic E-state index is 11.6. The summed E-state index contributed by atoms with van der Waals surface area (Å²) in [5.74, 6) is -0.398. The van der Waals surface area contributed by atoms with E-state index in [0.717, 1.165) is 4.47 Å². The van der Waals surface area contributed by atoms with Gasteiger partial charge in [-0.25, -0.2) is 0 Å². The molecule has 0 aliphatic carbocycles. The van der Waals surface area contributed by atoms with E-state index in [0.29, 0.717) is 24.9 Å². The maximum absolute atomic E-state index is 11.6. The molecule has 0 fully saturated rings. The molecule has 1 amide bonds. The van der Waals surface area contributed by atoms with Crippen LogP contribution in [-0.2, 0) is 9.53 Å². The van der Waals surface area contributed by atoms with Crippen molar-refractivity contribution in [2.24, 2.45) is 0 Å². The summed E-state index contributed by atoms with van der Waals surface area (Å²) in [6.07, 6.45) is 0.895. The number of benzene rings is 1. The molecule has 92 valence electrons. The van der Waals surface area contributed by atoms with Gasteiger partial charge in [-0.1, -0.05) is 15.9 Å². The Labute approximate surface area is 108 Å². The molecule has 0 saturated carbocycles. The average Bonchev–Trinajstić information content (AvgIpc) is 2.34. The largest absolute Gasteiger partial charge is 0.469 e. The number of amides is 1. The fourth-order valence-electron chi connectivity index (χ4n) is 1.24. The third-order valence-electron chi connectivity index (χ3n) is 2.18. The first-order valence-electron chi connectivity index (χ1n) is 5.24. The highest BCUT2D eigenvalue weighted by molar-refractivity contribution is 9.10. The molecular weight excluding hydrogens is 286 g/mol. The van der Waals surface area contributed by atoms with Crippen LogP contribution in [0.3, 0.4) is 0 Å². The van der Waals surface area contributed by atoms with Crippen molar-refractivity contribution in [2.75, 3.05) is 13.7 Å². The number of hydrogen-bond acceptors (Lipinski definition) is 3. The van der Waals surface area contributed by atoms with Crippen molar-refractivity contribution in [1.29, 1.82) is 0 Å². The second-order valence-electron chi connectivity index (χ2n) is 3.44. The van der Waals surface area contributed by atoms with Crippen LogP contribution >= 0.6 is 15.9 Å². The molecule has 0 bridgehead atoms. The number of esters is 1. The van der Waals surface area contributed by atoms with Crippen molar-refractivity contribution < 1.29 is 14.3 Å². The van der Waals surface area contributed by atoms with Crippen molar-refractivity contribution in [1.82, 2.24) is 5.32 Å². The molecule has 0 heterocycles. The Morgan fingerprint density at radius 1 is 1.29 bits per heavy atom. The van der Waals surface area contributed by atoms with Gasteiger partial charge in [0, 0.05) is 23.0 Å². The fraction of sp³-hybridized carbons (Fsp3) is 0.333. The Morgan fingerprint density at radius 3 is 2.53 bits per heavy atom. The molecule has 0 saturated heterocycles. The van der Waals surface area contributed by atoms with Crippen molar-refractivity contribution in [3.8, 4) is 0 Å². The molecule has 0 aliphatic heterocycles. The maximum Gasteiger partial charge on any atom is 0.305 e. The normalized spacial score (nSPS) is 9.76. The molecule has 0 aliphatic rings. The van der Waals surface area contributed by atoms with Crippen LogP contribution in [0.15, 0.2) is 28.7 Å². The number of hydrogen-bond donors (Lipinski definition) is 1. The molecule has 0 aromatic heterocycles. The Balaban J connectivity index is 2.30. The molecule has 1 N–H and O–H groups in total. The molecule has 5 heteroatoms. The predicted octanol–water partition coefficient (Wildman–Crippen LogP) is 2.13. The second kappa shape index (κ2) is 7.06. The van der Waals surface area contributed by atoms with Gasteiger partial charge in [0.1, 0.15) is 0 Å². The van der Waals surface area contributed by atoms with E-state index in [1.165, 1.54) is 7.11 Å². The van der Waals surface area contributed by atoms with Crippen LogP contribution < -0.4 is 5.32 Å². The van der Waals surface area contributed by atoms with E-state index < -0.39 is 0 Å². The molecule has 1 rings (SSSR count). The lowest BCUT2D eigenvalue weighted by Gasteiger charge is -2.04. The van der Waals surface area contributed by atoms with Crippen LogP contribution in [-0.4, -0.2) is 25.5 Å². The summed E-state index contributed by atoms with van der Waals surface area (Å²) in [7, 11) is 1.35. The quantitative estimate of drug-likeness (QED) is 0.669. The fourth-order valence-corrected chi connectivity index (χ4v) is 1.50. The van der Waals surface area contributed by atoms with Gasteiger partial charge in [-0.3, -0.25) is 9.59 Å². The summed E-state index contributed by atoms with van der Waals surface area (Å²) < 4.78 is 5.43. The number of methoxy groups -OCH3 is 1. The van der Waals surface area contributed by atoms with E-state index in [1.54, 1.807) is 12.1 Å². The SMILES string of the molecule is COC(=O)CCCNC(=O)c1ccc(Br)cc1. The second-order valence-corrected chi connectivity index (χ2v) is 4.36. The summed E-state index contributed by atoms with van der Waals surface area (Å²) >= 11 is 3.30. The lowest BCUT2D eigenvalue weighted by atomic mass is 10.2. The summed E-state index contributed by atoms with van der Waals surface area (Å²) in [5.41, 5.74) is 0.603. The van der Waals surface area contributed by atoms with E-state index in [2.05, 4.69) is 26.0 Å². The number of ether oxygens (including phenoxy) is 1. The van der Waals surface area contributed by atoms with Crippen LogP contribution in [0.25, 0.3) is 0 Å². The zero-order valence-corrected chi connectivity index (χ0v) is 11.1.